The Bertz CT molecular complexity index is 1160. The zero-order chi connectivity index (χ0) is 22.3. The van der Waals surface area contributed by atoms with Crippen molar-refractivity contribution in [3.05, 3.63) is 74.4 Å². The summed E-state index contributed by atoms with van der Waals surface area (Å²) >= 11 is 3.56. The van der Waals surface area contributed by atoms with E-state index in [1.54, 1.807) is 13.2 Å². The highest BCUT2D eigenvalue weighted by molar-refractivity contribution is 9.10. The van der Waals surface area contributed by atoms with E-state index in [0.29, 0.717) is 45.0 Å². The van der Waals surface area contributed by atoms with Gasteiger partial charge in [-0.05, 0) is 47.5 Å². The average Bonchev–Trinajstić information content (AvgIpc) is 3.05. The van der Waals surface area contributed by atoms with Crippen LogP contribution >= 0.6 is 15.9 Å². The quantitative estimate of drug-likeness (QED) is 0.626. The largest absolute Gasteiger partial charge is 0.493 e. The molecule has 7 heteroatoms. The number of ether oxygens (including phenoxy) is 3. The molecule has 2 aliphatic rings. The number of methoxy groups -OCH3 is 2. The lowest BCUT2D eigenvalue weighted by atomic mass is 9.79. The predicted octanol–water partition coefficient (Wildman–Crippen LogP) is 4.60. The topological polar surface area (TPSA) is 73.9 Å². The number of rotatable bonds is 5. The fourth-order valence-electron chi connectivity index (χ4n) is 4.23. The van der Waals surface area contributed by atoms with E-state index < -0.39 is 11.9 Å². The van der Waals surface area contributed by atoms with Gasteiger partial charge in [0, 0.05) is 28.3 Å². The summed E-state index contributed by atoms with van der Waals surface area (Å²) < 4.78 is 17.0. The zero-order valence-electron chi connectivity index (χ0n) is 17.7. The van der Waals surface area contributed by atoms with E-state index in [0.717, 1.165) is 16.8 Å². The molecule has 0 saturated heterocycles. The Labute approximate surface area is 189 Å². The Morgan fingerprint density at radius 2 is 1.87 bits per heavy atom. The Morgan fingerprint density at radius 1 is 1.16 bits per heavy atom. The van der Waals surface area contributed by atoms with Crippen LogP contribution in [0.15, 0.2) is 57.7 Å². The van der Waals surface area contributed by atoms with E-state index in [2.05, 4.69) is 21.2 Å². The monoisotopic (exact) mass is 483 g/mol. The van der Waals surface area contributed by atoms with Crippen molar-refractivity contribution in [2.24, 2.45) is 0 Å². The number of hydrogen-bond acceptors (Lipinski definition) is 6. The molecule has 0 bridgehead atoms. The van der Waals surface area contributed by atoms with Crippen molar-refractivity contribution in [1.29, 1.82) is 0 Å². The summed E-state index contributed by atoms with van der Waals surface area (Å²) in [6, 6.07) is 11.1. The number of carbonyl (C=O) groups is 2. The first-order chi connectivity index (χ1) is 14.9. The van der Waals surface area contributed by atoms with E-state index in [1.807, 2.05) is 44.2 Å². The molecule has 2 aromatic carbocycles. The molecule has 0 radical (unpaired) electrons. The molecule has 4 rings (SSSR count). The second-order valence-electron chi connectivity index (χ2n) is 7.22. The van der Waals surface area contributed by atoms with Crippen LogP contribution in [0.1, 0.15) is 41.3 Å². The lowest BCUT2D eigenvalue weighted by Gasteiger charge is -2.29. The van der Waals surface area contributed by atoms with Crippen LogP contribution in [0.3, 0.4) is 0 Å². The molecule has 1 unspecified atom stereocenters. The van der Waals surface area contributed by atoms with E-state index in [-0.39, 0.29) is 5.78 Å². The Balaban J connectivity index is 1.96. The highest BCUT2D eigenvalue weighted by Gasteiger charge is 2.43. The van der Waals surface area contributed by atoms with Crippen molar-refractivity contribution < 1.29 is 23.8 Å². The van der Waals surface area contributed by atoms with E-state index in [9.17, 15) is 9.59 Å². The first-order valence-corrected chi connectivity index (χ1v) is 10.7. The fraction of sp³-hybridized carbons (Fsp3) is 0.250. The number of Topliss-reactive ketones (excluding diaryl/α,β-unsaturated/α-hetero) is 1. The summed E-state index contributed by atoms with van der Waals surface area (Å²) in [6.07, 6.45) is 0. The molecule has 1 aliphatic carbocycles. The third-order valence-corrected chi connectivity index (χ3v) is 6.12. The lowest BCUT2D eigenvalue weighted by molar-refractivity contribution is -0.136. The van der Waals surface area contributed by atoms with Crippen molar-refractivity contribution in [2.75, 3.05) is 20.8 Å². The summed E-state index contributed by atoms with van der Waals surface area (Å²) in [5.41, 5.74) is 4.44. The SMILES string of the molecule is CCOc1c(Br)cc(C2C(C(=O)OC)=C(C)NC3=C2C(=O)c2ccccc23)cc1OC. The Kier molecular flexibility index (Phi) is 5.62. The highest BCUT2D eigenvalue weighted by atomic mass is 79.9. The minimum Gasteiger partial charge on any atom is -0.493 e. The van der Waals surface area contributed by atoms with Crippen molar-refractivity contribution in [3.8, 4) is 11.5 Å². The lowest BCUT2D eigenvalue weighted by Crippen LogP contribution is -2.29. The van der Waals surface area contributed by atoms with Gasteiger partial charge in [0.25, 0.3) is 0 Å². The van der Waals surface area contributed by atoms with Crippen LogP contribution in [0.25, 0.3) is 5.70 Å². The smallest absolute Gasteiger partial charge is 0.336 e. The van der Waals surface area contributed by atoms with Gasteiger partial charge in [0.05, 0.1) is 36.6 Å². The van der Waals surface area contributed by atoms with Crippen LogP contribution < -0.4 is 14.8 Å². The molecule has 1 N–H and O–H groups in total. The summed E-state index contributed by atoms with van der Waals surface area (Å²) in [6.45, 7) is 4.17. The van der Waals surface area contributed by atoms with Gasteiger partial charge in [-0.15, -0.1) is 0 Å². The summed E-state index contributed by atoms with van der Waals surface area (Å²) in [4.78, 5) is 26.3. The van der Waals surface area contributed by atoms with Gasteiger partial charge in [0.15, 0.2) is 17.3 Å². The minimum atomic E-state index is -0.621. The van der Waals surface area contributed by atoms with Gasteiger partial charge < -0.3 is 19.5 Å². The third kappa shape index (κ3) is 3.33. The van der Waals surface area contributed by atoms with Crippen molar-refractivity contribution >= 4 is 33.4 Å². The molecule has 1 heterocycles. The summed E-state index contributed by atoms with van der Waals surface area (Å²) in [5.74, 6) is -0.144. The molecule has 160 valence electrons. The number of hydrogen-bond donors (Lipinski definition) is 1. The van der Waals surface area contributed by atoms with Gasteiger partial charge >= 0.3 is 5.97 Å². The van der Waals surface area contributed by atoms with E-state index in [4.69, 9.17) is 14.2 Å². The van der Waals surface area contributed by atoms with Crippen LogP contribution in [0, 0.1) is 0 Å². The first kappa shape index (κ1) is 21.2. The van der Waals surface area contributed by atoms with Crippen molar-refractivity contribution in [2.45, 2.75) is 19.8 Å². The highest BCUT2D eigenvalue weighted by Crippen LogP contribution is 2.49. The van der Waals surface area contributed by atoms with Gasteiger partial charge in [-0.25, -0.2) is 4.79 Å². The van der Waals surface area contributed by atoms with Gasteiger partial charge in [0.1, 0.15) is 0 Å². The van der Waals surface area contributed by atoms with Gasteiger partial charge in [-0.1, -0.05) is 24.3 Å². The van der Waals surface area contributed by atoms with Crippen molar-refractivity contribution in [1.82, 2.24) is 5.32 Å². The number of fused-ring (bicyclic) bond motifs is 2. The molecule has 1 atom stereocenters. The first-order valence-electron chi connectivity index (χ1n) is 9.87. The normalized spacial score (nSPS) is 17.2. The number of dihydropyridines is 1. The van der Waals surface area contributed by atoms with Crippen LogP contribution in [-0.4, -0.2) is 32.6 Å². The number of esters is 1. The van der Waals surface area contributed by atoms with E-state index in [1.165, 1.54) is 7.11 Å². The molecule has 31 heavy (non-hydrogen) atoms. The van der Waals surface area contributed by atoms with Crippen LogP contribution in [0.2, 0.25) is 0 Å². The van der Waals surface area contributed by atoms with Gasteiger partial charge in [0.2, 0.25) is 0 Å². The zero-order valence-corrected chi connectivity index (χ0v) is 19.3. The third-order valence-electron chi connectivity index (χ3n) is 5.53. The van der Waals surface area contributed by atoms with Gasteiger partial charge in [-0.2, -0.15) is 0 Å². The number of benzene rings is 2. The average molecular weight is 484 g/mol. The number of halogens is 1. The molecule has 6 nitrogen and oxygen atoms in total. The maximum atomic E-state index is 13.4. The molecule has 0 spiro atoms. The van der Waals surface area contributed by atoms with E-state index >= 15 is 0 Å². The van der Waals surface area contributed by atoms with Crippen LogP contribution in [0.4, 0.5) is 0 Å². The second kappa shape index (κ2) is 8.23. The van der Waals surface area contributed by atoms with Gasteiger partial charge in [-0.3, -0.25) is 4.79 Å². The number of allylic oxidation sites excluding steroid dienone is 2. The Morgan fingerprint density at radius 3 is 2.52 bits per heavy atom. The molecular formula is C24H22BrNO5. The fourth-order valence-corrected chi connectivity index (χ4v) is 4.81. The molecule has 1 aliphatic heterocycles. The molecule has 0 amide bonds. The molecule has 2 aromatic rings. The standard InChI is InChI=1S/C24H22BrNO5/c1-5-31-23-16(25)10-13(11-17(23)29-3)19-18(24(28)30-4)12(2)26-21-14-8-6-7-9-15(14)22(27)20(19)21/h6-11,19,26H,5H2,1-4H3. The molecule has 0 aromatic heterocycles. The summed E-state index contributed by atoms with van der Waals surface area (Å²) in [5, 5.41) is 3.27. The molecule has 0 saturated carbocycles. The van der Waals surface area contributed by atoms with Crippen LogP contribution in [-0.2, 0) is 9.53 Å². The predicted molar refractivity (Wildman–Crippen MR) is 120 cm³/mol. The maximum absolute atomic E-state index is 13.4. The van der Waals surface area contributed by atoms with Crippen molar-refractivity contribution in [3.63, 3.8) is 0 Å². The van der Waals surface area contributed by atoms with Crippen LogP contribution in [0.5, 0.6) is 11.5 Å². The molecule has 0 fully saturated rings. The number of nitrogens with one attached hydrogen (secondary N) is 1. The second-order valence-corrected chi connectivity index (χ2v) is 8.07. The number of carbonyl (C=O) groups excluding carboxylic acids is 2. The molecular weight excluding hydrogens is 462 g/mol. The Hall–Kier alpha value is -3.06. The minimum absolute atomic E-state index is 0.110. The summed E-state index contributed by atoms with van der Waals surface area (Å²) in [7, 11) is 2.89. The maximum Gasteiger partial charge on any atom is 0.336 e. The number of ketones is 1.